The van der Waals surface area contributed by atoms with Crippen LogP contribution >= 0.6 is 15.9 Å². The van der Waals surface area contributed by atoms with Gasteiger partial charge in [0.05, 0.1) is 23.3 Å². The molecule has 1 heterocycles. The summed E-state index contributed by atoms with van der Waals surface area (Å²) in [6.45, 7) is 0.0394. The van der Waals surface area contributed by atoms with Gasteiger partial charge in [0.2, 0.25) is 10.0 Å². The SMILES string of the molecule is O=S(=O)(NCc1ccc(C=Nc2ccc(Oc3ccccc3)cc2)o1)c1ccc(Br)cc1. The minimum atomic E-state index is -3.62. The van der Waals surface area contributed by atoms with Gasteiger partial charge in [0.15, 0.2) is 0 Å². The molecule has 4 aromatic rings. The van der Waals surface area contributed by atoms with Gasteiger partial charge in [0.1, 0.15) is 23.0 Å². The summed E-state index contributed by atoms with van der Waals surface area (Å²) < 4.78 is 39.5. The number of nitrogens with zero attached hydrogens (tertiary/aromatic N) is 1. The first-order valence-electron chi connectivity index (χ1n) is 9.69. The van der Waals surface area contributed by atoms with E-state index in [1.807, 2.05) is 54.6 Å². The number of hydrogen-bond donors (Lipinski definition) is 1. The van der Waals surface area contributed by atoms with Gasteiger partial charge < -0.3 is 9.15 Å². The van der Waals surface area contributed by atoms with E-state index in [1.54, 1.807) is 30.5 Å². The highest BCUT2D eigenvalue weighted by molar-refractivity contribution is 9.10. The van der Waals surface area contributed by atoms with Crippen LogP contribution in [0.2, 0.25) is 0 Å². The first kappa shape index (κ1) is 22.0. The van der Waals surface area contributed by atoms with E-state index in [-0.39, 0.29) is 11.4 Å². The predicted octanol–water partition coefficient (Wildman–Crippen LogP) is 6.06. The summed E-state index contributed by atoms with van der Waals surface area (Å²) in [7, 11) is -3.62. The minimum absolute atomic E-state index is 0.0394. The molecule has 1 aromatic heterocycles. The van der Waals surface area contributed by atoms with Crippen LogP contribution in [0.4, 0.5) is 5.69 Å². The van der Waals surface area contributed by atoms with Gasteiger partial charge in [-0.3, -0.25) is 4.99 Å². The van der Waals surface area contributed by atoms with Gasteiger partial charge in [0, 0.05) is 4.47 Å². The molecule has 3 aromatic carbocycles. The van der Waals surface area contributed by atoms with Crippen molar-refractivity contribution in [3.8, 4) is 11.5 Å². The van der Waals surface area contributed by atoms with Crippen molar-refractivity contribution in [3.05, 3.63) is 107 Å². The molecule has 0 unspecified atom stereocenters. The molecule has 0 spiro atoms. The van der Waals surface area contributed by atoms with Crippen molar-refractivity contribution >= 4 is 37.9 Å². The lowest BCUT2D eigenvalue weighted by Gasteiger charge is -2.05. The Morgan fingerprint density at radius 1 is 0.875 bits per heavy atom. The van der Waals surface area contributed by atoms with Crippen LogP contribution in [0.3, 0.4) is 0 Å². The summed E-state index contributed by atoms with van der Waals surface area (Å²) in [5.74, 6) is 2.49. The van der Waals surface area contributed by atoms with Gasteiger partial charge >= 0.3 is 0 Å². The van der Waals surface area contributed by atoms with E-state index in [9.17, 15) is 8.42 Å². The van der Waals surface area contributed by atoms with Crippen molar-refractivity contribution in [2.45, 2.75) is 11.4 Å². The van der Waals surface area contributed by atoms with Crippen LogP contribution in [-0.2, 0) is 16.6 Å². The smallest absolute Gasteiger partial charge is 0.240 e. The maximum atomic E-state index is 12.4. The third-order valence-corrected chi connectivity index (χ3v) is 6.35. The molecule has 32 heavy (non-hydrogen) atoms. The number of sulfonamides is 1. The van der Waals surface area contributed by atoms with Crippen molar-refractivity contribution < 1.29 is 17.6 Å². The highest BCUT2D eigenvalue weighted by Gasteiger charge is 2.14. The van der Waals surface area contributed by atoms with Crippen LogP contribution in [0, 0.1) is 0 Å². The number of halogens is 1. The lowest BCUT2D eigenvalue weighted by atomic mass is 10.3. The van der Waals surface area contributed by atoms with E-state index in [0.29, 0.717) is 17.3 Å². The molecule has 0 radical (unpaired) electrons. The second-order valence-electron chi connectivity index (χ2n) is 6.75. The van der Waals surface area contributed by atoms with E-state index in [1.165, 1.54) is 12.1 Å². The Morgan fingerprint density at radius 2 is 1.56 bits per heavy atom. The lowest BCUT2D eigenvalue weighted by molar-refractivity contribution is 0.483. The quantitative estimate of drug-likeness (QED) is 0.292. The number of nitrogens with one attached hydrogen (secondary N) is 1. The maximum absolute atomic E-state index is 12.4. The number of rotatable bonds is 8. The molecule has 1 N–H and O–H groups in total. The van der Waals surface area contributed by atoms with E-state index >= 15 is 0 Å². The van der Waals surface area contributed by atoms with Gasteiger partial charge in [-0.15, -0.1) is 0 Å². The Kier molecular flexibility index (Phi) is 6.84. The Bertz CT molecular complexity index is 1300. The third-order valence-electron chi connectivity index (χ3n) is 4.40. The van der Waals surface area contributed by atoms with Crippen LogP contribution in [0.15, 0.2) is 110 Å². The Balaban J connectivity index is 1.34. The zero-order chi connectivity index (χ0) is 22.4. The maximum Gasteiger partial charge on any atom is 0.240 e. The van der Waals surface area contributed by atoms with E-state index in [0.717, 1.165) is 15.9 Å². The average Bonchev–Trinajstić information content (AvgIpc) is 3.26. The molecule has 8 heteroatoms. The Morgan fingerprint density at radius 3 is 2.28 bits per heavy atom. The first-order valence-corrected chi connectivity index (χ1v) is 12.0. The van der Waals surface area contributed by atoms with Gasteiger partial charge in [-0.25, -0.2) is 13.1 Å². The lowest BCUT2D eigenvalue weighted by Crippen LogP contribution is -2.22. The van der Waals surface area contributed by atoms with Gasteiger partial charge in [-0.2, -0.15) is 0 Å². The van der Waals surface area contributed by atoms with Crippen LogP contribution in [-0.4, -0.2) is 14.6 Å². The zero-order valence-electron chi connectivity index (χ0n) is 16.8. The summed E-state index contributed by atoms with van der Waals surface area (Å²) in [5.41, 5.74) is 0.735. The fourth-order valence-corrected chi connectivity index (χ4v) is 4.04. The third kappa shape index (κ3) is 5.94. The van der Waals surface area contributed by atoms with Crippen molar-refractivity contribution in [3.63, 3.8) is 0 Å². The fourth-order valence-electron chi connectivity index (χ4n) is 2.79. The van der Waals surface area contributed by atoms with Gasteiger partial charge in [-0.1, -0.05) is 34.1 Å². The van der Waals surface area contributed by atoms with E-state index in [4.69, 9.17) is 9.15 Å². The molecule has 0 bridgehead atoms. The monoisotopic (exact) mass is 510 g/mol. The number of furan rings is 1. The highest BCUT2D eigenvalue weighted by atomic mass is 79.9. The molecule has 0 amide bonds. The molecule has 6 nitrogen and oxygen atoms in total. The summed E-state index contributed by atoms with van der Waals surface area (Å²) in [6.07, 6.45) is 1.58. The molecular weight excluding hydrogens is 492 g/mol. The van der Waals surface area contributed by atoms with Crippen molar-refractivity contribution in [1.82, 2.24) is 4.72 Å². The molecule has 0 atom stereocenters. The molecule has 0 aliphatic carbocycles. The average molecular weight is 511 g/mol. The molecule has 4 rings (SSSR count). The first-order chi connectivity index (χ1) is 15.5. The van der Waals surface area contributed by atoms with Crippen LogP contribution < -0.4 is 9.46 Å². The molecule has 0 aliphatic heterocycles. The minimum Gasteiger partial charge on any atom is -0.459 e. The Labute approximate surface area is 194 Å². The van der Waals surface area contributed by atoms with E-state index in [2.05, 4.69) is 25.6 Å². The Hall–Kier alpha value is -3.20. The summed E-state index contributed by atoms with van der Waals surface area (Å²) in [6, 6.07) is 26.8. The molecule has 0 saturated heterocycles. The molecule has 0 aliphatic rings. The number of hydrogen-bond acceptors (Lipinski definition) is 5. The van der Waals surface area contributed by atoms with Crippen molar-refractivity contribution in [1.29, 1.82) is 0 Å². The zero-order valence-corrected chi connectivity index (χ0v) is 19.2. The van der Waals surface area contributed by atoms with Gasteiger partial charge in [-0.05, 0) is 72.8 Å². The molecule has 0 saturated carbocycles. The van der Waals surface area contributed by atoms with Crippen LogP contribution in [0.5, 0.6) is 11.5 Å². The summed E-state index contributed by atoms with van der Waals surface area (Å²) >= 11 is 3.29. The van der Waals surface area contributed by atoms with Crippen LogP contribution in [0.25, 0.3) is 0 Å². The highest BCUT2D eigenvalue weighted by Crippen LogP contribution is 2.24. The van der Waals surface area contributed by atoms with E-state index < -0.39 is 10.0 Å². The number of ether oxygens (including phenoxy) is 1. The number of benzene rings is 3. The molecular formula is C24H19BrN2O4S. The molecule has 162 valence electrons. The summed E-state index contributed by atoms with van der Waals surface area (Å²) in [4.78, 5) is 4.57. The van der Waals surface area contributed by atoms with Crippen molar-refractivity contribution in [2.75, 3.05) is 0 Å². The van der Waals surface area contributed by atoms with Crippen molar-refractivity contribution in [2.24, 2.45) is 4.99 Å². The fraction of sp³-hybridized carbons (Fsp3) is 0.0417. The second-order valence-corrected chi connectivity index (χ2v) is 9.43. The second kappa shape index (κ2) is 9.95. The number of aliphatic imine (C=N–C) groups is 1. The summed E-state index contributed by atoms with van der Waals surface area (Å²) in [5, 5.41) is 0. The largest absolute Gasteiger partial charge is 0.459 e. The number of para-hydroxylation sites is 1. The normalized spacial score (nSPS) is 11.7. The molecule has 0 fully saturated rings. The predicted molar refractivity (Wildman–Crippen MR) is 127 cm³/mol. The topological polar surface area (TPSA) is 80.9 Å². The van der Waals surface area contributed by atoms with Gasteiger partial charge in [0.25, 0.3) is 0 Å². The van der Waals surface area contributed by atoms with Crippen LogP contribution in [0.1, 0.15) is 11.5 Å². The standard InChI is InChI=1S/C24H19BrN2O4S/c25-18-6-14-24(15-7-18)32(28,29)27-17-23-13-12-22(31-23)16-26-19-8-10-21(11-9-19)30-20-4-2-1-3-5-20/h1-16,27H,17H2.